The Morgan fingerprint density at radius 3 is 2.53 bits per heavy atom. The molecule has 1 aliphatic heterocycles. The summed E-state index contributed by atoms with van der Waals surface area (Å²) in [5, 5.41) is 9.40. The number of halogens is 2. The predicted octanol–water partition coefficient (Wildman–Crippen LogP) is 4.49. The average Bonchev–Trinajstić information content (AvgIpc) is 2.68. The van der Waals surface area contributed by atoms with E-state index in [1.54, 1.807) is 30.3 Å². The number of benzene rings is 2. The lowest BCUT2D eigenvalue weighted by atomic mass is 9.90. The van der Waals surface area contributed by atoms with Crippen LogP contribution in [-0.4, -0.2) is 42.6 Å². The summed E-state index contributed by atoms with van der Waals surface area (Å²) in [7, 11) is -3.33. The van der Waals surface area contributed by atoms with Crippen molar-refractivity contribution in [2.75, 3.05) is 18.8 Å². The second kappa shape index (κ2) is 11.2. The van der Waals surface area contributed by atoms with Crippen LogP contribution in [0.2, 0.25) is 5.02 Å². The lowest BCUT2D eigenvalue weighted by molar-refractivity contribution is -0.136. The molecular weight excluding hydrogens is 429 g/mol. The van der Waals surface area contributed by atoms with Gasteiger partial charge in [0.05, 0.1) is 12.2 Å². The first kappa shape index (κ1) is 24.1. The Labute approximate surface area is 181 Å². The van der Waals surface area contributed by atoms with Gasteiger partial charge in [0.2, 0.25) is 10.0 Å². The maximum Gasteiger partial charge on any atom is 0.307 e. The lowest BCUT2D eigenvalue weighted by Gasteiger charge is -2.32. The number of aliphatic carboxylic acids is 1. The summed E-state index contributed by atoms with van der Waals surface area (Å²) in [4.78, 5) is 10.9. The molecule has 0 bridgehead atoms. The quantitative estimate of drug-likeness (QED) is 0.654. The summed E-state index contributed by atoms with van der Waals surface area (Å²) in [6, 6.07) is 13.2. The van der Waals surface area contributed by atoms with Gasteiger partial charge in [-0.25, -0.2) is 17.1 Å². The molecule has 1 saturated heterocycles. The third-order valence-corrected chi connectivity index (χ3v) is 6.64. The van der Waals surface area contributed by atoms with Crippen molar-refractivity contribution in [2.45, 2.75) is 25.2 Å². The van der Waals surface area contributed by atoms with E-state index in [0.717, 1.165) is 18.4 Å². The van der Waals surface area contributed by atoms with Gasteiger partial charge in [-0.05, 0) is 54.2 Å². The molecule has 2 aromatic carbocycles. The number of piperidine rings is 1. The molecule has 0 radical (unpaired) electrons. The second-order valence-corrected chi connectivity index (χ2v) is 9.47. The highest BCUT2D eigenvalue weighted by atomic mass is 35.5. The van der Waals surface area contributed by atoms with Crippen LogP contribution in [0.1, 0.15) is 29.9 Å². The number of rotatable bonds is 6. The van der Waals surface area contributed by atoms with Crippen molar-refractivity contribution < 1.29 is 22.7 Å². The van der Waals surface area contributed by atoms with Gasteiger partial charge in [-0.15, -0.1) is 6.58 Å². The Morgan fingerprint density at radius 2 is 1.97 bits per heavy atom. The molecule has 1 fully saturated rings. The summed E-state index contributed by atoms with van der Waals surface area (Å²) < 4.78 is 37.8. The lowest BCUT2D eigenvalue weighted by Crippen LogP contribution is -2.40. The number of sulfonamides is 1. The smallest absolute Gasteiger partial charge is 0.307 e. The fourth-order valence-electron chi connectivity index (χ4n) is 3.32. The molecule has 1 unspecified atom stereocenters. The predicted molar refractivity (Wildman–Crippen MR) is 117 cm³/mol. The summed E-state index contributed by atoms with van der Waals surface area (Å²) >= 11 is 6.09. The van der Waals surface area contributed by atoms with Gasteiger partial charge in [-0.1, -0.05) is 41.9 Å². The van der Waals surface area contributed by atoms with Crippen LogP contribution in [-0.2, 0) is 21.2 Å². The molecule has 1 aliphatic rings. The molecule has 3 rings (SSSR count). The third kappa shape index (κ3) is 7.55. The second-order valence-electron chi connectivity index (χ2n) is 7.02. The number of nitrogens with zero attached hydrogens (tertiary/aromatic N) is 1. The minimum atomic E-state index is -3.33. The topological polar surface area (TPSA) is 74.7 Å². The van der Waals surface area contributed by atoms with Gasteiger partial charge < -0.3 is 5.11 Å². The number of hydrogen-bond donors (Lipinski definition) is 1. The van der Waals surface area contributed by atoms with Crippen LogP contribution in [0.15, 0.2) is 61.2 Å². The molecule has 0 amide bonds. The molecule has 162 valence electrons. The number of carbonyl (C=O) groups is 1. The van der Waals surface area contributed by atoms with Crippen LogP contribution in [0.3, 0.4) is 0 Å². The van der Waals surface area contributed by atoms with E-state index in [4.69, 9.17) is 16.7 Å². The fraction of sp³-hybridized carbons (Fsp3) is 0.318. The Balaban J connectivity index is 0.000000386. The van der Waals surface area contributed by atoms with Crippen molar-refractivity contribution in [1.29, 1.82) is 0 Å². The van der Waals surface area contributed by atoms with E-state index < -0.39 is 16.0 Å². The van der Waals surface area contributed by atoms with Gasteiger partial charge >= 0.3 is 5.97 Å². The van der Waals surface area contributed by atoms with Crippen molar-refractivity contribution in [2.24, 2.45) is 0 Å². The Morgan fingerprint density at radius 1 is 1.27 bits per heavy atom. The zero-order valence-corrected chi connectivity index (χ0v) is 18.1. The van der Waals surface area contributed by atoms with Crippen molar-refractivity contribution in [1.82, 2.24) is 4.31 Å². The highest BCUT2D eigenvalue weighted by Crippen LogP contribution is 2.31. The molecule has 8 heteroatoms. The summed E-state index contributed by atoms with van der Waals surface area (Å²) in [6.45, 7) is 4.39. The standard InChI is InChI=1S/C16H20ClNO4S.C6H5F/c1-2-6-23(21,22)18-5-3-4-13(11-18)14-7-12(9-16(19)20)8-15(17)10-14;7-6-4-2-1-3-5-6/h2,7-8,10,13H,1,3-6,9,11H2,(H,19,20);1-5H. The molecule has 2 aromatic rings. The molecule has 0 spiro atoms. The first-order valence-electron chi connectivity index (χ1n) is 9.51. The molecule has 30 heavy (non-hydrogen) atoms. The van der Waals surface area contributed by atoms with Gasteiger partial charge in [0.15, 0.2) is 0 Å². The van der Waals surface area contributed by atoms with Gasteiger partial charge in [-0.2, -0.15) is 0 Å². The highest BCUT2D eigenvalue weighted by molar-refractivity contribution is 7.89. The first-order chi connectivity index (χ1) is 14.2. The van der Waals surface area contributed by atoms with Crippen LogP contribution >= 0.6 is 11.6 Å². The first-order valence-corrected chi connectivity index (χ1v) is 11.5. The average molecular weight is 454 g/mol. The molecule has 1 N–H and O–H groups in total. The van der Waals surface area contributed by atoms with E-state index in [1.807, 2.05) is 6.07 Å². The molecule has 0 saturated carbocycles. The van der Waals surface area contributed by atoms with Gasteiger partial charge in [0, 0.05) is 18.1 Å². The third-order valence-electron chi connectivity index (χ3n) is 4.65. The van der Waals surface area contributed by atoms with Crippen molar-refractivity contribution in [3.8, 4) is 0 Å². The van der Waals surface area contributed by atoms with E-state index in [9.17, 15) is 17.6 Å². The van der Waals surface area contributed by atoms with Gasteiger partial charge in [0.1, 0.15) is 5.82 Å². The van der Waals surface area contributed by atoms with Crippen LogP contribution in [0.5, 0.6) is 0 Å². The van der Waals surface area contributed by atoms with E-state index in [-0.39, 0.29) is 23.9 Å². The maximum atomic E-state index is 12.2. The number of carboxylic acids is 1. The Kier molecular flexibility index (Phi) is 9.02. The zero-order chi connectivity index (χ0) is 22.1. The molecule has 0 aliphatic carbocycles. The Bertz CT molecular complexity index is 966. The molecule has 0 aromatic heterocycles. The number of carboxylic acid groups (broad SMARTS) is 1. The fourth-order valence-corrected chi connectivity index (χ4v) is 4.91. The number of hydrogen-bond acceptors (Lipinski definition) is 3. The largest absolute Gasteiger partial charge is 0.481 e. The van der Waals surface area contributed by atoms with Gasteiger partial charge in [0.25, 0.3) is 0 Å². The summed E-state index contributed by atoms with van der Waals surface area (Å²) in [5.41, 5.74) is 1.53. The van der Waals surface area contributed by atoms with Crippen LogP contribution in [0, 0.1) is 5.82 Å². The molecule has 1 atom stereocenters. The van der Waals surface area contributed by atoms with E-state index in [2.05, 4.69) is 6.58 Å². The minimum Gasteiger partial charge on any atom is -0.481 e. The highest BCUT2D eigenvalue weighted by Gasteiger charge is 2.29. The minimum absolute atomic E-state index is 0.0228. The van der Waals surface area contributed by atoms with E-state index in [0.29, 0.717) is 23.7 Å². The molecular formula is C22H25ClFNO4S. The van der Waals surface area contributed by atoms with Crippen LogP contribution in [0.25, 0.3) is 0 Å². The monoisotopic (exact) mass is 453 g/mol. The van der Waals surface area contributed by atoms with E-state index in [1.165, 1.54) is 22.5 Å². The normalized spacial score (nSPS) is 16.9. The molecule has 1 heterocycles. The summed E-state index contributed by atoms with van der Waals surface area (Å²) in [6.07, 6.45) is 2.91. The SMILES string of the molecule is C=CCS(=O)(=O)N1CCCC(c2cc(Cl)cc(CC(=O)O)c2)C1.Fc1ccccc1. The van der Waals surface area contributed by atoms with Gasteiger partial charge in [-0.3, -0.25) is 4.79 Å². The van der Waals surface area contributed by atoms with Crippen molar-refractivity contribution >= 4 is 27.6 Å². The van der Waals surface area contributed by atoms with Crippen molar-refractivity contribution in [3.05, 3.63) is 83.2 Å². The maximum absolute atomic E-state index is 12.2. The molecule has 5 nitrogen and oxygen atoms in total. The van der Waals surface area contributed by atoms with Crippen LogP contribution < -0.4 is 0 Å². The van der Waals surface area contributed by atoms with Crippen molar-refractivity contribution in [3.63, 3.8) is 0 Å². The Hall–Kier alpha value is -2.22. The van der Waals surface area contributed by atoms with E-state index >= 15 is 0 Å². The van der Waals surface area contributed by atoms with Crippen LogP contribution in [0.4, 0.5) is 4.39 Å². The zero-order valence-electron chi connectivity index (χ0n) is 16.5. The summed E-state index contributed by atoms with van der Waals surface area (Å²) in [5.74, 6) is -1.14.